The molecule has 0 saturated heterocycles. The number of nitrogens with one attached hydrogen (secondary N) is 2. The standard InChI is InChI=1S/C28H25N5O2/c1-35-17-13-21(19-8-3-2-4-9-19)28(34)33-24-18-20(12-16-30-24)26-25(22-10-5-6-14-29-22)27-23(32-26)11-7-15-31-27/h2-12,14-16,18,21,32H,13,17H2,1H3,(H,30,33,34)/t21-/m1/s1. The maximum Gasteiger partial charge on any atom is 0.233 e. The van der Waals surface area contributed by atoms with Crippen molar-refractivity contribution in [2.45, 2.75) is 12.3 Å². The summed E-state index contributed by atoms with van der Waals surface area (Å²) in [4.78, 5) is 30.3. The minimum atomic E-state index is -0.344. The number of ether oxygens (including phenoxy) is 1. The van der Waals surface area contributed by atoms with E-state index in [2.05, 4.69) is 25.3 Å². The van der Waals surface area contributed by atoms with Gasteiger partial charge in [-0.25, -0.2) is 4.98 Å². The molecule has 1 amide bonds. The summed E-state index contributed by atoms with van der Waals surface area (Å²) < 4.78 is 5.24. The van der Waals surface area contributed by atoms with Crippen LogP contribution < -0.4 is 5.32 Å². The molecule has 7 heteroatoms. The van der Waals surface area contributed by atoms with Crippen molar-refractivity contribution in [1.29, 1.82) is 0 Å². The van der Waals surface area contributed by atoms with E-state index in [1.807, 2.05) is 72.8 Å². The lowest BCUT2D eigenvalue weighted by Gasteiger charge is -2.17. The van der Waals surface area contributed by atoms with Crippen molar-refractivity contribution in [3.05, 3.63) is 97.0 Å². The van der Waals surface area contributed by atoms with Crippen LogP contribution in [0.25, 0.3) is 33.5 Å². The fourth-order valence-corrected chi connectivity index (χ4v) is 4.24. The van der Waals surface area contributed by atoms with E-state index in [-0.39, 0.29) is 11.8 Å². The molecule has 0 aliphatic heterocycles. The van der Waals surface area contributed by atoms with E-state index < -0.39 is 0 Å². The van der Waals surface area contributed by atoms with Crippen LogP contribution in [0.5, 0.6) is 0 Å². The largest absolute Gasteiger partial charge is 0.385 e. The van der Waals surface area contributed by atoms with Crippen LogP contribution in [-0.2, 0) is 9.53 Å². The molecule has 5 aromatic rings. The minimum absolute atomic E-state index is 0.124. The van der Waals surface area contributed by atoms with Crippen LogP contribution >= 0.6 is 0 Å². The third kappa shape index (κ3) is 4.81. The Hall–Kier alpha value is -4.36. The van der Waals surface area contributed by atoms with Gasteiger partial charge in [-0.1, -0.05) is 36.4 Å². The molecule has 35 heavy (non-hydrogen) atoms. The number of fused-ring (bicyclic) bond motifs is 1. The van der Waals surface area contributed by atoms with E-state index in [0.717, 1.165) is 39.1 Å². The van der Waals surface area contributed by atoms with Gasteiger partial charge >= 0.3 is 0 Å². The zero-order valence-electron chi connectivity index (χ0n) is 19.3. The predicted octanol–water partition coefficient (Wildman–Crippen LogP) is 5.45. The lowest BCUT2D eigenvalue weighted by Crippen LogP contribution is -2.23. The number of aromatic nitrogens is 4. The molecule has 0 bridgehead atoms. The summed E-state index contributed by atoms with van der Waals surface area (Å²) in [5.74, 6) is 0.00792. The maximum absolute atomic E-state index is 13.3. The minimum Gasteiger partial charge on any atom is -0.385 e. The first kappa shape index (κ1) is 22.4. The molecule has 1 aromatic carbocycles. The first-order valence-corrected chi connectivity index (χ1v) is 11.4. The molecule has 0 unspecified atom stereocenters. The highest BCUT2D eigenvalue weighted by molar-refractivity contribution is 6.01. The molecular weight excluding hydrogens is 438 g/mol. The number of carbonyl (C=O) groups is 1. The molecule has 4 aromatic heterocycles. The molecule has 4 heterocycles. The van der Waals surface area contributed by atoms with Gasteiger partial charge in [0.1, 0.15) is 5.82 Å². The molecule has 0 aliphatic carbocycles. The first-order chi connectivity index (χ1) is 17.2. The molecule has 0 spiro atoms. The second-order valence-electron chi connectivity index (χ2n) is 8.15. The summed E-state index contributed by atoms with van der Waals surface area (Å²) >= 11 is 0. The van der Waals surface area contributed by atoms with E-state index in [1.165, 1.54) is 0 Å². The average molecular weight is 464 g/mol. The Labute approximate surface area is 203 Å². The highest BCUT2D eigenvalue weighted by atomic mass is 16.5. The molecule has 0 aliphatic rings. The summed E-state index contributed by atoms with van der Waals surface area (Å²) in [6.45, 7) is 0.482. The quantitative estimate of drug-likeness (QED) is 0.319. The number of hydrogen-bond donors (Lipinski definition) is 2. The number of anilines is 1. The van der Waals surface area contributed by atoms with Gasteiger partial charge in [0.05, 0.1) is 33.9 Å². The van der Waals surface area contributed by atoms with E-state index >= 15 is 0 Å². The Balaban J connectivity index is 1.50. The van der Waals surface area contributed by atoms with Crippen molar-refractivity contribution in [2.24, 2.45) is 0 Å². The molecule has 1 atom stereocenters. The summed E-state index contributed by atoms with van der Waals surface area (Å²) in [5, 5.41) is 3.00. The van der Waals surface area contributed by atoms with Crippen molar-refractivity contribution >= 4 is 22.8 Å². The second kappa shape index (κ2) is 10.3. The van der Waals surface area contributed by atoms with Crippen molar-refractivity contribution in [3.8, 4) is 22.5 Å². The molecule has 5 rings (SSSR count). The van der Waals surface area contributed by atoms with Gasteiger partial charge in [0.2, 0.25) is 5.91 Å². The Morgan fingerprint density at radius 2 is 1.77 bits per heavy atom. The van der Waals surface area contributed by atoms with Gasteiger partial charge in [-0.15, -0.1) is 0 Å². The number of hydrogen-bond acceptors (Lipinski definition) is 5. The molecular formula is C28H25N5O2. The van der Waals surface area contributed by atoms with E-state index in [4.69, 9.17) is 4.74 Å². The number of benzene rings is 1. The Bertz CT molecular complexity index is 1430. The van der Waals surface area contributed by atoms with Crippen LogP contribution in [0.4, 0.5) is 5.82 Å². The van der Waals surface area contributed by atoms with Crippen molar-refractivity contribution in [2.75, 3.05) is 19.0 Å². The molecule has 2 N–H and O–H groups in total. The van der Waals surface area contributed by atoms with Gasteiger partial charge in [-0.05, 0) is 48.4 Å². The smallest absolute Gasteiger partial charge is 0.233 e. The van der Waals surface area contributed by atoms with E-state index in [1.54, 1.807) is 25.7 Å². The average Bonchev–Trinajstić information content (AvgIpc) is 3.30. The van der Waals surface area contributed by atoms with Gasteiger partial charge in [-0.3, -0.25) is 14.8 Å². The lowest BCUT2D eigenvalue weighted by molar-refractivity contribution is -0.118. The lowest BCUT2D eigenvalue weighted by atomic mass is 9.95. The van der Waals surface area contributed by atoms with Crippen LogP contribution in [0, 0.1) is 0 Å². The van der Waals surface area contributed by atoms with Gasteiger partial charge < -0.3 is 15.0 Å². The number of pyridine rings is 3. The SMILES string of the molecule is COCC[C@@H](C(=O)Nc1cc(-c2[nH]c3cccnc3c2-c2ccccn2)ccn1)c1ccccc1. The van der Waals surface area contributed by atoms with E-state index in [9.17, 15) is 4.79 Å². The molecule has 0 radical (unpaired) electrons. The van der Waals surface area contributed by atoms with Crippen LogP contribution in [0.3, 0.4) is 0 Å². The first-order valence-electron chi connectivity index (χ1n) is 11.4. The Morgan fingerprint density at radius 1 is 0.943 bits per heavy atom. The van der Waals surface area contributed by atoms with Gasteiger partial charge in [0, 0.05) is 37.9 Å². The highest BCUT2D eigenvalue weighted by Gasteiger charge is 2.22. The van der Waals surface area contributed by atoms with Crippen LogP contribution in [0.1, 0.15) is 17.9 Å². The summed E-state index contributed by atoms with van der Waals surface area (Å²) in [6, 6.07) is 23.2. The normalized spacial score (nSPS) is 11.9. The van der Waals surface area contributed by atoms with Gasteiger partial charge in [0.15, 0.2) is 0 Å². The van der Waals surface area contributed by atoms with Crippen LogP contribution in [0.2, 0.25) is 0 Å². The number of carbonyl (C=O) groups excluding carboxylic acids is 1. The van der Waals surface area contributed by atoms with Gasteiger partial charge in [0.25, 0.3) is 0 Å². The van der Waals surface area contributed by atoms with E-state index in [0.29, 0.717) is 18.8 Å². The number of methoxy groups -OCH3 is 1. The molecule has 0 fully saturated rings. The monoisotopic (exact) mass is 463 g/mol. The van der Waals surface area contributed by atoms with Crippen molar-refractivity contribution in [1.82, 2.24) is 19.9 Å². The number of H-pyrrole nitrogens is 1. The maximum atomic E-state index is 13.3. The fourth-order valence-electron chi connectivity index (χ4n) is 4.24. The molecule has 174 valence electrons. The fraction of sp³-hybridized carbons (Fsp3) is 0.143. The summed E-state index contributed by atoms with van der Waals surface area (Å²) in [6.07, 6.45) is 5.81. The van der Waals surface area contributed by atoms with Crippen molar-refractivity contribution in [3.63, 3.8) is 0 Å². The number of nitrogens with zero attached hydrogens (tertiary/aromatic N) is 3. The Morgan fingerprint density at radius 3 is 2.57 bits per heavy atom. The van der Waals surface area contributed by atoms with Gasteiger partial charge in [-0.2, -0.15) is 0 Å². The van der Waals surface area contributed by atoms with Crippen LogP contribution in [0.15, 0.2) is 91.4 Å². The second-order valence-corrected chi connectivity index (χ2v) is 8.15. The number of aromatic amines is 1. The third-order valence-electron chi connectivity index (χ3n) is 5.90. The topological polar surface area (TPSA) is 92.8 Å². The number of amides is 1. The zero-order chi connectivity index (χ0) is 24.0. The van der Waals surface area contributed by atoms with Crippen molar-refractivity contribution < 1.29 is 9.53 Å². The summed E-state index contributed by atoms with van der Waals surface area (Å²) in [7, 11) is 1.64. The molecule has 7 nitrogen and oxygen atoms in total. The zero-order valence-corrected chi connectivity index (χ0v) is 19.3. The number of rotatable bonds is 8. The Kier molecular flexibility index (Phi) is 6.59. The predicted molar refractivity (Wildman–Crippen MR) is 137 cm³/mol. The summed E-state index contributed by atoms with van der Waals surface area (Å²) in [5.41, 5.74) is 6.17. The third-order valence-corrected chi connectivity index (χ3v) is 5.90. The molecule has 0 saturated carbocycles. The van der Waals surface area contributed by atoms with Crippen LogP contribution in [-0.4, -0.2) is 39.6 Å². The highest BCUT2D eigenvalue weighted by Crippen LogP contribution is 2.36.